The minimum atomic E-state index is -0.229. The SMILES string of the molecule is CC(Cn1ccnc1)NC(=O)c1cc(Cl)ccc1N. The molecule has 1 atom stereocenters. The fraction of sp³-hybridized carbons (Fsp3) is 0.231. The lowest BCUT2D eigenvalue weighted by Crippen LogP contribution is -2.35. The standard InChI is InChI=1S/C13H15ClN4O/c1-9(7-18-5-4-16-8-18)17-13(19)11-6-10(14)2-3-12(11)15/h2-6,8-9H,7,15H2,1H3,(H,17,19). The Bertz CT molecular complexity index is 568. The van der Waals surface area contributed by atoms with Gasteiger partial charge in [0.15, 0.2) is 0 Å². The van der Waals surface area contributed by atoms with Gasteiger partial charge in [-0.1, -0.05) is 11.6 Å². The van der Waals surface area contributed by atoms with Crippen LogP contribution in [0.25, 0.3) is 0 Å². The predicted octanol–water partition coefficient (Wildman–Crippen LogP) is 1.94. The molecule has 1 heterocycles. The second-order valence-corrected chi connectivity index (χ2v) is 4.80. The normalized spacial score (nSPS) is 12.1. The van der Waals surface area contributed by atoms with E-state index in [1.807, 2.05) is 17.7 Å². The van der Waals surface area contributed by atoms with Crippen molar-refractivity contribution in [2.75, 3.05) is 5.73 Å². The first kappa shape index (κ1) is 13.4. The van der Waals surface area contributed by atoms with Gasteiger partial charge in [0.25, 0.3) is 5.91 Å². The maximum atomic E-state index is 12.1. The fourth-order valence-corrected chi connectivity index (χ4v) is 1.96. The van der Waals surface area contributed by atoms with Gasteiger partial charge in [0.05, 0.1) is 11.9 Å². The van der Waals surface area contributed by atoms with Gasteiger partial charge in [-0.2, -0.15) is 0 Å². The molecule has 1 aromatic carbocycles. The first-order chi connectivity index (χ1) is 9.06. The van der Waals surface area contributed by atoms with E-state index in [1.54, 1.807) is 30.7 Å². The number of anilines is 1. The molecular weight excluding hydrogens is 264 g/mol. The molecule has 0 aliphatic heterocycles. The smallest absolute Gasteiger partial charge is 0.253 e. The quantitative estimate of drug-likeness (QED) is 0.840. The van der Waals surface area contributed by atoms with Crippen molar-refractivity contribution in [2.45, 2.75) is 19.5 Å². The van der Waals surface area contributed by atoms with Gasteiger partial charge in [-0.25, -0.2) is 4.98 Å². The van der Waals surface area contributed by atoms with Crippen LogP contribution in [0.5, 0.6) is 0 Å². The predicted molar refractivity (Wildman–Crippen MR) is 75.0 cm³/mol. The Morgan fingerprint density at radius 2 is 2.37 bits per heavy atom. The molecule has 5 nitrogen and oxygen atoms in total. The highest BCUT2D eigenvalue weighted by molar-refractivity contribution is 6.31. The molecule has 0 bridgehead atoms. The number of amides is 1. The second-order valence-electron chi connectivity index (χ2n) is 4.37. The molecule has 0 spiro atoms. The Hall–Kier alpha value is -2.01. The van der Waals surface area contributed by atoms with Crippen molar-refractivity contribution >= 4 is 23.2 Å². The van der Waals surface area contributed by atoms with Crippen molar-refractivity contribution < 1.29 is 4.79 Å². The summed E-state index contributed by atoms with van der Waals surface area (Å²) in [6.07, 6.45) is 5.25. The van der Waals surface area contributed by atoms with E-state index in [2.05, 4.69) is 10.3 Å². The van der Waals surface area contributed by atoms with E-state index >= 15 is 0 Å². The van der Waals surface area contributed by atoms with Gasteiger partial charge < -0.3 is 15.6 Å². The zero-order valence-corrected chi connectivity index (χ0v) is 11.3. The molecule has 3 N–H and O–H groups in total. The Morgan fingerprint density at radius 1 is 1.58 bits per heavy atom. The molecule has 6 heteroatoms. The number of carbonyl (C=O) groups excluding carboxylic acids is 1. The molecule has 2 rings (SSSR count). The van der Waals surface area contributed by atoms with Gasteiger partial charge in [0.2, 0.25) is 0 Å². The Kier molecular flexibility index (Phi) is 4.06. The van der Waals surface area contributed by atoms with Crippen LogP contribution < -0.4 is 11.1 Å². The summed E-state index contributed by atoms with van der Waals surface area (Å²) in [5.41, 5.74) is 6.57. The molecule has 0 fully saturated rings. The van der Waals surface area contributed by atoms with Crippen molar-refractivity contribution in [1.29, 1.82) is 0 Å². The number of halogens is 1. The van der Waals surface area contributed by atoms with Crippen LogP contribution >= 0.6 is 11.6 Å². The average molecular weight is 279 g/mol. The molecule has 1 aromatic heterocycles. The van der Waals surface area contributed by atoms with Gasteiger partial charge in [-0.15, -0.1) is 0 Å². The Morgan fingerprint density at radius 3 is 3.05 bits per heavy atom. The average Bonchev–Trinajstić information content (AvgIpc) is 2.84. The minimum Gasteiger partial charge on any atom is -0.398 e. The lowest BCUT2D eigenvalue weighted by atomic mass is 10.1. The zero-order valence-electron chi connectivity index (χ0n) is 10.5. The maximum absolute atomic E-state index is 12.1. The molecule has 0 aliphatic rings. The lowest BCUT2D eigenvalue weighted by molar-refractivity contribution is 0.0937. The van der Waals surface area contributed by atoms with E-state index in [9.17, 15) is 4.79 Å². The summed E-state index contributed by atoms with van der Waals surface area (Å²) in [4.78, 5) is 16.0. The monoisotopic (exact) mass is 278 g/mol. The molecule has 19 heavy (non-hydrogen) atoms. The molecule has 100 valence electrons. The van der Waals surface area contributed by atoms with Crippen LogP contribution in [0.2, 0.25) is 5.02 Å². The number of aromatic nitrogens is 2. The van der Waals surface area contributed by atoms with E-state index in [1.165, 1.54) is 0 Å². The molecule has 1 unspecified atom stereocenters. The number of carbonyl (C=O) groups is 1. The van der Waals surface area contributed by atoms with Crippen LogP contribution in [0.1, 0.15) is 17.3 Å². The van der Waals surface area contributed by atoms with Gasteiger partial charge in [0, 0.05) is 35.7 Å². The summed E-state index contributed by atoms with van der Waals surface area (Å²) in [5.74, 6) is -0.229. The number of benzene rings is 1. The van der Waals surface area contributed by atoms with Crippen LogP contribution in [0.15, 0.2) is 36.9 Å². The van der Waals surface area contributed by atoms with E-state index in [0.29, 0.717) is 22.8 Å². The highest BCUT2D eigenvalue weighted by Gasteiger charge is 2.13. The number of nitrogens with one attached hydrogen (secondary N) is 1. The third-order valence-electron chi connectivity index (χ3n) is 2.68. The topological polar surface area (TPSA) is 72.9 Å². The molecule has 1 amide bonds. The van der Waals surface area contributed by atoms with Gasteiger partial charge >= 0.3 is 0 Å². The first-order valence-corrected chi connectivity index (χ1v) is 6.25. The summed E-state index contributed by atoms with van der Waals surface area (Å²) in [6.45, 7) is 2.56. The third-order valence-corrected chi connectivity index (χ3v) is 2.92. The fourth-order valence-electron chi connectivity index (χ4n) is 1.78. The van der Waals surface area contributed by atoms with Crippen LogP contribution in [-0.4, -0.2) is 21.5 Å². The molecule has 0 saturated carbocycles. The van der Waals surface area contributed by atoms with E-state index in [-0.39, 0.29) is 11.9 Å². The van der Waals surface area contributed by atoms with Gasteiger partial charge in [-0.3, -0.25) is 4.79 Å². The minimum absolute atomic E-state index is 0.0416. The summed E-state index contributed by atoms with van der Waals surface area (Å²) >= 11 is 5.86. The Balaban J connectivity index is 2.02. The van der Waals surface area contributed by atoms with E-state index < -0.39 is 0 Å². The molecule has 0 saturated heterocycles. The zero-order chi connectivity index (χ0) is 13.8. The second kappa shape index (κ2) is 5.75. The number of nitrogens with zero attached hydrogens (tertiary/aromatic N) is 2. The van der Waals surface area contributed by atoms with E-state index in [0.717, 1.165) is 0 Å². The molecular formula is C13H15ClN4O. The van der Waals surface area contributed by atoms with Gasteiger partial charge in [0.1, 0.15) is 0 Å². The van der Waals surface area contributed by atoms with Crippen molar-refractivity contribution in [3.05, 3.63) is 47.5 Å². The van der Waals surface area contributed by atoms with Crippen molar-refractivity contribution in [1.82, 2.24) is 14.9 Å². The summed E-state index contributed by atoms with van der Waals surface area (Å²) in [7, 11) is 0. The van der Waals surface area contributed by atoms with Crippen molar-refractivity contribution in [3.63, 3.8) is 0 Å². The van der Waals surface area contributed by atoms with Crippen LogP contribution in [-0.2, 0) is 6.54 Å². The lowest BCUT2D eigenvalue weighted by Gasteiger charge is -2.15. The molecule has 0 aliphatic carbocycles. The number of nitrogens with two attached hydrogens (primary N) is 1. The number of rotatable bonds is 4. The van der Waals surface area contributed by atoms with Crippen molar-refractivity contribution in [2.24, 2.45) is 0 Å². The highest BCUT2D eigenvalue weighted by Crippen LogP contribution is 2.17. The summed E-state index contributed by atoms with van der Waals surface area (Å²) in [5, 5.41) is 3.36. The molecule has 2 aromatic rings. The number of hydrogen-bond acceptors (Lipinski definition) is 3. The van der Waals surface area contributed by atoms with Crippen molar-refractivity contribution in [3.8, 4) is 0 Å². The summed E-state index contributed by atoms with van der Waals surface area (Å²) in [6, 6.07) is 4.80. The van der Waals surface area contributed by atoms with Crippen LogP contribution in [0.4, 0.5) is 5.69 Å². The number of imidazole rings is 1. The number of hydrogen-bond donors (Lipinski definition) is 2. The first-order valence-electron chi connectivity index (χ1n) is 5.88. The van der Waals surface area contributed by atoms with Crippen LogP contribution in [0.3, 0.4) is 0 Å². The van der Waals surface area contributed by atoms with Gasteiger partial charge in [-0.05, 0) is 25.1 Å². The highest BCUT2D eigenvalue weighted by atomic mass is 35.5. The maximum Gasteiger partial charge on any atom is 0.253 e. The third kappa shape index (κ3) is 3.48. The largest absolute Gasteiger partial charge is 0.398 e. The molecule has 0 radical (unpaired) electrons. The van der Waals surface area contributed by atoms with E-state index in [4.69, 9.17) is 17.3 Å². The Labute approximate surface area is 116 Å². The van der Waals surface area contributed by atoms with Crippen LogP contribution in [0, 0.1) is 0 Å². The summed E-state index contributed by atoms with van der Waals surface area (Å²) < 4.78 is 1.90. The number of nitrogen functional groups attached to an aromatic ring is 1.